The molecule has 2 rings (SSSR count). The van der Waals surface area contributed by atoms with E-state index in [1.165, 1.54) is 5.56 Å². The van der Waals surface area contributed by atoms with Crippen LogP contribution >= 0.6 is 15.9 Å². The van der Waals surface area contributed by atoms with Gasteiger partial charge in [-0.05, 0) is 12.5 Å². The van der Waals surface area contributed by atoms with Crippen molar-refractivity contribution in [2.24, 2.45) is 0 Å². The van der Waals surface area contributed by atoms with Crippen LogP contribution in [0.4, 0.5) is 0 Å². The van der Waals surface area contributed by atoms with E-state index >= 15 is 0 Å². The van der Waals surface area contributed by atoms with E-state index in [4.69, 9.17) is 9.47 Å². The Hall–Kier alpha value is -0.380. The van der Waals surface area contributed by atoms with Crippen LogP contribution in [-0.2, 0) is 9.47 Å². The summed E-state index contributed by atoms with van der Waals surface area (Å²) >= 11 is 3.61. The number of hydrogen-bond acceptors (Lipinski definition) is 2. The molecule has 1 aromatic carbocycles. The summed E-state index contributed by atoms with van der Waals surface area (Å²) in [4.78, 5) is 0.221. The molecule has 3 atom stereocenters. The van der Waals surface area contributed by atoms with Crippen molar-refractivity contribution < 1.29 is 9.47 Å². The second-order valence-corrected chi connectivity index (χ2v) is 4.49. The predicted octanol–water partition coefficient (Wildman–Crippen LogP) is 2.88. The molecule has 0 spiro atoms. The van der Waals surface area contributed by atoms with Crippen molar-refractivity contribution in [1.29, 1.82) is 0 Å². The first kappa shape index (κ1) is 10.1. The topological polar surface area (TPSA) is 18.5 Å². The highest BCUT2D eigenvalue weighted by Gasteiger charge is 2.31. The van der Waals surface area contributed by atoms with E-state index in [2.05, 4.69) is 35.0 Å². The monoisotopic (exact) mass is 256 g/mol. The fraction of sp³-hybridized carbons (Fsp3) is 0.455. The van der Waals surface area contributed by atoms with Crippen LogP contribution in [0, 0.1) is 0 Å². The Morgan fingerprint density at radius 3 is 2.64 bits per heavy atom. The average molecular weight is 257 g/mol. The third-order valence-corrected chi connectivity index (χ3v) is 3.67. The summed E-state index contributed by atoms with van der Waals surface area (Å²) in [5.41, 5.74) is 1.20. The molecule has 14 heavy (non-hydrogen) atoms. The fourth-order valence-corrected chi connectivity index (χ4v) is 2.18. The van der Waals surface area contributed by atoms with Gasteiger partial charge in [0, 0.05) is 0 Å². The molecule has 1 aliphatic rings. The van der Waals surface area contributed by atoms with Crippen LogP contribution in [0.25, 0.3) is 0 Å². The predicted molar refractivity (Wildman–Crippen MR) is 58.4 cm³/mol. The number of halogens is 1. The molecule has 76 valence electrons. The Morgan fingerprint density at radius 2 is 1.93 bits per heavy atom. The van der Waals surface area contributed by atoms with Gasteiger partial charge in [-0.15, -0.1) is 0 Å². The van der Waals surface area contributed by atoms with Crippen molar-refractivity contribution in [2.75, 3.05) is 6.79 Å². The largest absolute Gasteiger partial charge is 0.351 e. The Balaban J connectivity index is 2.17. The molecule has 0 radical (unpaired) electrons. The van der Waals surface area contributed by atoms with E-state index < -0.39 is 0 Å². The molecule has 0 bridgehead atoms. The van der Waals surface area contributed by atoms with Crippen LogP contribution in [0.2, 0.25) is 0 Å². The number of hydrogen-bond donors (Lipinski definition) is 0. The van der Waals surface area contributed by atoms with Gasteiger partial charge in [-0.25, -0.2) is 0 Å². The van der Waals surface area contributed by atoms with E-state index in [1.807, 2.05) is 18.2 Å². The van der Waals surface area contributed by atoms with Gasteiger partial charge >= 0.3 is 0 Å². The molecule has 3 heteroatoms. The molecule has 0 aliphatic carbocycles. The van der Waals surface area contributed by atoms with Crippen molar-refractivity contribution >= 4 is 15.9 Å². The van der Waals surface area contributed by atoms with Gasteiger partial charge in [-0.3, -0.25) is 0 Å². The van der Waals surface area contributed by atoms with Crippen molar-refractivity contribution in [1.82, 2.24) is 0 Å². The van der Waals surface area contributed by atoms with E-state index in [0.717, 1.165) is 0 Å². The van der Waals surface area contributed by atoms with Gasteiger partial charge in [-0.2, -0.15) is 0 Å². The van der Waals surface area contributed by atoms with Crippen molar-refractivity contribution in [3.8, 4) is 0 Å². The maximum absolute atomic E-state index is 5.58. The molecule has 1 aromatic rings. The maximum Gasteiger partial charge on any atom is 0.148 e. The lowest BCUT2D eigenvalue weighted by atomic mass is 10.0. The smallest absolute Gasteiger partial charge is 0.148 e. The van der Waals surface area contributed by atoms with Crippen molar-refractivity contribution in [2.45, 2.75) is 24.0 Å². The molecule has 0 unspecified atom stereocenters. The quantitative estimate of drug-likeness (QED) is 0.720. The zero-order valence-corrected chi connectivity index (χ0v) is 9.61. The zero-order chi connectivity index (χ0) is 9.97. The maximum atomic E-state index is 5.58. The Bertz CT molecular complexity index is 289. The normalized spacial score (nSPS) is 32.9. The molecular weight excluding hydrogens is 244 g/mol. The van der Waals surface area contributed by atoms with Crippen LogP contribution in [0.15, 0.2) is 30.3 Å². The molecule has 2 nitrogen and oxygen atoms in total. The minimum absolute atomic E-state index is 0.0972. The van der Waals surface area contributed by atoms with Crippen LogP contribution in [0.3, 0.4) is 0 Å². The average Bonchev–Trinajstić information content (AvgIpc) is 2.23. The number of alkyl halides is 1. The summed E-state index contributed by atoms with van der Waals surface area (Å²) in [6.45, 7) is 2.43. The van der Waals surface area contributed by atoms with Crippen molar-refractivity contribution in [3.05, 3.63) is 35.9 Å². The summed E-state index contributed by atoms with van der Waals surface area (Å²) in [6, 6.07) is 10.2. The molecular formula is C11H13BrO2. The summed E-state index contributed by atoms with van der Waals surface area (Å²) in [5.74, 6) is 0. The third-order valence-electron chi connectivity index (χ3n) is 2.44. The number of rotatable bonds is 1. The molecule has 0 aromatic heterocycles. The summed E-state index contributed by atoms with van der Waals surface area (Å²) < 4.78 is 11.0. The lowest BCUT2D eigenvalue weighted by Gasteiger charge is -2.33. The molecule has 1 saturated heterocycles. The molecule has 1 heterocycles. The molecule has 1 aliphatic heterocycles. The van der Waals surface area contributed by atoms with E-state index in [-0.39, 0.29) is 17.0 Å². The number of benzene rings is 1. The van der Waals surface area contributed by atoms with Crippen LogP contribution in [-0.4, -0.2) is 17.7 Å². The minimum atomic E-state index is 0.0972. The molecule has 0 saturated carbocycles. The Labute approximate surface area is 92.3 Å². The summed E-state index contributed by atoms with van der Waals surface area (Å²) in [5, 5.41) is 0. The fourth-order valence-electron chi connectivity index (χ4n) is 1.57. The molecule has 0 N–H and O–H groups in total. The summed E-state index contributed by atoms with van der Waals surface area (Å²) in [6.07, 6.45) is 0.286. The highest BCUT2D eigenvalue weighted by molar-refractivity contribution is 9.09. The zero-order valence-electron chi connectivity index (χ0n) is 8.02. The van der Waals surface area contributed by atoms with Gasteiger partial charge in [-0.1, -0.05) is 46.3 Å². The SMILES string of the molecule is C[C@@H]1OCO[C@H](c2ccccc2)[C@H]1Br. The third kappa shape index (κ3) is 2.00. The van der Waals surface area contributed by atoms with Crippen LogP contribution in [0.5, 0.6) is 0 Å². The Kier molecular flexibility index (Phi) is 3.21. The molecule has 0 amide bonds. The van der Waals surface area contributed by atoms with Crippen LogP contribution < -0.4 is 0 Å². The second kappa shape index (κ2) is 4.43. The van der Waals surface area contributed by atoms with E-state index in [9.17, 15) is 0 Å². The summed E-state index contributed by atoms with van der Waals surface area (Å²) in [7, 11) is 0. The standard InChI is InChI=1S/C11H13BrO2/c1-8-10(12)11(14-7-13-8)9-5-3-2-4-6-9/h2-6,8,10-11H,7H2,1H3/t8-,10-,11+/m0/s1. The van der Waals surface area contributed by atoms with Gasteiger partial charge in [0.2, 0.25) is 0 Å². The van der Waals surface area contributed by atoms with Gasteiger partial charge in [0.25, 0.3) is 0 Å². The lowest BCUT2D eigenvalue weighted by Crippen LogP contribution is -2.35. The van der Waals surface area contributed by atoms with Crippen LogP contribution in [0.1, 0.15) is 18.6 Å². The first-order valence-corrected chi connectivity index (χ1v) is 5.63. The van der Waals surface area contributed by atoms with Gasteiger partial charge in [0.05, 0.1) is 10.9 Å². The highest BCUT2D eigenvalue weighted by atomic mass is 79.9. The first-order chi connectivity index (χ1) is 6.79. The number of ether oxygens (including phenoxy) is 2. The van der Waals surface area contributed by atoms with Gasteiger partial charge in [0.1, 0.15) is 12.9 Å². The Morgan fingerprint density at radius 1 is 1.21 bits per heavy atom. The molecule has 1 fully saturated rings. The second-order valence-electron chi connectivity index (χ2n) is 3.43. The highest BCUT2D eigenvalue weighted by Crippen LogP contribution is 2.32. The minimum Gasteiger partial charge on any atom is -0.351 e. The van der Waals surface area contributed by atoms with E-state index in [1.54, 1.807) is 0 Å². The van der Waals surface area contributed by atoms with Gasteiger partial charge in [0.15, 0.2) is 0 Å². The van der Waals surface area contributed by atoms with Crippen molar-refractivity contribution in [3.63, 3.8) is 0 Å². The lowest BCUT2D eigenvalue weighted by molar-refractivity contribution is -0.166. The van der Waals surface area contributed by atoms with E-state index in [0.29, 0.717) is 6.79 Å². The van der Waals surface area contributed by atoms with Gasteiger partial charge < -0.3 is 9.47 Å². The first-order valence-electron chi connectivity index (χ1n) is 4.71.